The molecule has 0 fully saturated rings. The van der Waals surface area contributed by atoms with Crippen molar-refractivity contribution in [1.82, 2.24) is 10.6 Å². The van der Waals surface area contributed by atoms with Crippen LogP contribution in [0.25, 0.3) is 0 Å². The fraction of sp³-hybridized carbons (Fsp3) is 0.636. The third-order valence-corrected chi connectivity index (χ3v) is 2.98. The average Bonchev–Trinajstić information content (AvgIpc) is 2.16. The first-order chi connectivity index (χ1) is 6.29. The van der Waals surface area contributed by atoms with Gasteiger partial charge in [-0.05, 0) is 43.9 Å². The molecule has 72 valence electrons. The Morgan fingerprint density at radius 2 is 2.38 bits per heavy atom. The molecule has 1 heterocycles. The van der Waals surface area contributed by atoms with Gasteiger partial charge in [-0.25, -0.2) is 0 Å². The van der Waals surface area contributed by atoms with Gasteiger partial charge in [-0.2, -0.15) is 0 Å². The topological polar surface area (TPSA) is 24.1 Å². The third-order valence-electron chi connectivity index (χ3n) is 2.98. The summed E-state index contributed by atoms with van der Waals surface area (Å²) < 4.78 is 0. The van der Waals surface area contributed by atoms with E-state index in [1.54, 1.807) is 0 Å². The number of hydrogen-bond acceptors (Lipinski definition) is 2. The minimum absolute atomic E-state index is 0.337. The maximum atomic E-state index is 3.52. The molecule has 2 aliphatic rings. The summed E-state index contributed by atoms with van der Waals surface area (Å²) in [6.45, 7) is 2.33. The van der Waals surface area contributed by atoms with E-state index in [0.29, 0.717) is 6.17 Å². The highest BCUT2D eigenvalue weighted by Gasteiger charge is 2.20. The highest BCUT2D eigenvalue weighted by Crippen LogP contribution is 2.30. The summed E-state index contributed by atoms with van der Waals surface area (Å²) in [6, 6.07) is 0. The molecule has 1 aliphatic carbocycles. The molecule has 0 saturated heterocycles. The van der Waals surface area contributed by atoms with Crippen LogP contribution in [0.1, 0.15) is 26.2 Å². The summed E-state index contributed by atoms with van der Waals surface area (Å²) in [4.78, 5) is 0. The lowest BCUT2D eigenvalue weighted by Crippen LogP contribution is -2.41. The van der Waals surface area contributed by atoms with Gasteiger partial charge in [0.15, 0.2) is 0 Å². The molecule has 0 amide bonds. The van der Waals surface area contributed by atoms with Crippen molar-refractivity contribution in [3.63, 3.8) is 0 Å². The molecule has 0 spiro atoms. The Morgan fingerprint density at radius 1 is 1.54 bits per heavy atom. The summed E-state index contributed by atoms with van der Waals surface area (Å²) in [7, 11) is 1.99. The molecule has 2 N–H and O–H groups in total. The molecule has 2 heteroatoms. The SMILES string of the molecule is CNC1C=CC2=C(CC(C)CC2)N1. The van der Waals surface area contributed by atoms with E-state index in [1.807, 2.05) is 7.05 Å². The van der Waals surface area contributed by atoms with Crippen molar-refractivity contribution >= 4 is 0 Å². The predicted octanol–water partition coefficient (Wildman–Crippen LogP) is 1.77. The lowest BCUT2D eigenvalue weighted by molar-refractivity contribution is 0.450. The first kappa shape index (κ1) is 8.82. The van der Waals surface area contributed by atoms with Gasteiger partial charge < -0.3 is 5.32 Å². The number of hydrogen-bond donors (Lipinski definition) is 2. The maximum Gasteiger partial charge on any atom is 0.0959 e. The lowest BCUT2D eigenvalue weighted by Gasteiger charge is -2.30. The van der Waals surface area contributed by atoms with E-state index in [0.717, 1.165) is 5.92 Å². The average molecular weight is 178 g/mol. The molecular formula is C11H18N2. The highest BCUT2D eigenvalue weighted by molar-refractivity contribution is 5.32. The summed E-state index contributed by atoms with van der Waals surface area (Å²) >= 11 is 0. The van der Waals surface area contributed by atoms with E-state index < -0.39 is 0 Å². The molecule has 13 heavy (non-hydrogen) atoms. The standard InChI is InChI=1S/C11H18N2/c1-8-3-4-9-5-6-11(12-2)13-10(9)7-8/h5-6,8,11-13H,3-4,7H2,1-2H3. The van der Waals surface area contributed by atoms with Crippen LogP contribution in [0.15, 0.2) is 23.4 Å². The smallest absolute Gasteiger partial charge is 0.0959 e. The number of nitrogens with one attached hydrogen (secondary N) is 2. The van der Waals surface area contributed by atoms with Gasteiger partial charge >= 0.3 is 0 Å². The van der Waals surface area contributed by atoms with Gasteiger partial charge in [0.05, 0.1) is 6.17 Å². The van der Waals surface area contributed by atoms with Crippen LogP contribution >= 0.6 is 0 Å². The third kappa shape index (κ3) is 1.78. The molecule has 0 aromatic heterocycles. The number of allylic oxidation sites excluding steroid dienone is 3. The molecular weight excluding hydrogens is 160 g/mol. The molecule has 2 nitrogen and oxygen atoms in total. The zero-order valence-corrected chi connectivity index (χ0v) is 8.43. The molecule has 0 bridgehead atoms. The second-order valence-electron chi connectivity index (χ2n) is 4.12. The van der Waals surface area contributed by atoms with Crippen molar-refractivity contribution in [3.05, 3.63) is 23.4 Å². The first-order valence-corrected chi connectivity index (χ1v) is 5.13. The van der Waals surface area contributed by atoms with Crippen molar-refractivity contribution in [2.24, 2.45) is 5.92 Å². The molecule has 0 radical (unpaired) electrons. The fourth-order valence-electron chi connectivity index (χ4n) is 2.09. The molecule has 0 aromatic carbocycles. The van der Waals surface area contributed by atoms with Gasteiger partial charge in [-0.15, -0.1) is 0 Å². The van der Waals surface area contributed by atoms with E-state index in [2.05, 4.69) is 29.7 Å². The Labute approximate surface area is 80.1 Å². The van der Waals surface area contributed by atoms with E-state index in [-0.39, 0.29) is 0 Å². The van der Waals surface area contributed by atoms with Crippen molar-refractivity contribution in [3.8, 4) is 0 Å². The van der Waals surface area contributed by atoms with Gasteiger partial charge in [-0.3, -0.25) is 5.32 Å². The highest BCUT2D eigenvalue weighted by atomic mass is 15.1. The van der Waals surface area contributed by atoms with E-state index >= 15 is 0 Å². The van der Waals surface area contributed by atoms with E-state index in [4.69, 9.17) is 0 Å². The summed E-state index contributed by atoms with van der Waals surface area (Å²) in [6.07, 6.45) is 8.63. The largest absolute Gasteiger partial charge is 0.370 e. The Hall–Kier alpha value is -0.760. The van der Waals surface area contributed by atoms with Gasteiger partial charge in [0, 0.05) is 5.70 Å². The summed E-state index contributed by atoms with van der Waals surface area (Å²) in [5.41, 5.74) is 2.98. The first-order valence-electron chi connectivity index (χ1n) is 5.13. The Kier molecular flexibility index (Phi) is 2.40. The van der Waals surface area contributed by atoms with Gasteiger partial charge in [0.25, 0.3) is 0 Å². The van der Waals surface area contributed by atoms with Gasteiger partial charge in [-0.1, -0.05) is 13.0 Å². The second-order valence-corrected chi connectivity index (χ2v) is 4.12. The van der Waals surface area contributed by atoms with E-state index in [1.165, 1.54) is 30.5 Å². The van der Waals surface area contributed by atoms with Gasteiger partial charge in [0.1, 0.15) is 0 Å². The summed E-state index contributed by atoms with van der Waals surface area (Å²) in [5, 5.41) is 6.74. The molecule has 0 saturated carbocycles. The molecule has 0 aromatic rings. The number of rotatable bonds is 1. The monoisotopic (exact) mass is 178 g/mol. The van der Waals surface area contributed by atoms with Crippen molar-refractivity contribution < 1.29 is 0 Å². The minimum atomic E-state index is 0.337. The molecule has 2 rings (SSSR count). The number of likely N-dealkylation sites (N-methyl/N-ethyl adjacent to an activating group) is 1. The Balaban J connectivity index is 2.12. The Bertz CT molecular complexity index is 253. The molecule has 1 aliphatic heterocycles. The van der Waals surface area contributed by atoms with Crippen LogP contribution in [-0.2, 0) is 0 Å². The van der Waals surface area contributed by atoms with E-state index in [9.17, 15) is 0 Å². The van der Waals surface area contributed by atoms with Crippen LogP contribution in [0, 0.1) is 5.92 Å². The second kappa shape index (κ2) is 3.54. The quantitative estimate of drug-likeness (QED) is 0.639. The van der Waals surface area contributed by atoms with Crippen LogP contribution in [0.2, 0.25) is 0 Å². The van der Waals surface area contributed by atoms with Crippen LogP contribution in [0.3, 0.4) is 0 Å². The van der Waals surface area contributed by atoms with Crippen LogP contribution in [0.5, 0.6) is 0 Å². The maximum absolute atomic E-state index is 3.52. The van der Waals surface area contributed by atoms with Gasteiger partial charge in [0.2, 0.25) is 0 Å². The zero-order valence-electron chi connectivity index (χ0n) is 8.43. The van der Waals surface area contributed by atoms with Crippen molar-refractivity contribution in [2.75, 3.05) is 7.05 Å². The van der Waals surface area contributed by atoms with Crippen molar-refractivity contribution in [1.29, 1.82) is 0 Å². The van der Waals surface area contributed by atoms with Crippen molar-refractivity contribution in [2.45, 2.75) is 32.4 Å². The van der Waals surface area contributed by atoms with Crippen LogP contribution < -0.4 is 10.6 Å². The fourth-order valence-corrected chi connectivity index (χ4v) is 2.09. The summed E-state index contributed by atoms with van der Waals surface area (Å²) in [5.74, 6) is 0.843. The molecule has 2 unspecified atom stereocenters. The van der Waals surface area contributed by atoms with Crippen LogP contribution in [0.4, 0.5) is 0 Å². The minimum Gasteiger partial charge on any atom is -0.370 e. The lowest BCUT2D eigenvalue weighted by atomic mass is 9.87. The molecule has 2 atom stereocenters. The predicted molar refractivity (Wildman–Crippen MR) is 55.2 cm³/mol. The van der Waals surface area contributed by atoms with Crippen LogP contribution in [-0.4, -0.2) is 13.2 Å². The number of dihydropyridines is 1. The normalized spacial score (nSPS) is 32.8. The zero-order chi connectivity index (χ0) is 9.26. The Morgan fingerprint density at radius 3 is 3.15 bits per heavy atom.